The van der Waals surface area contributed by atoms with E-state index in [1.165, 1.54) is 4.80 Å². The van der Waals surface area contributed by atoms with Crippen LogP contribution in [0.15, 0.2) is 30.6 Å². The van der Waals surface area contributed by atoms with Crippen LogP contribution in [-0.4, -0.2) is 20.8 Å². The average molecular weight is 264 g/mol. The van der Waals surface area contributed by atoms with Gasteiger partial charge in [0.25, 0.3) is 0 Å². The Balaban J connectivity index is 2.58. The zero-order valence-electron chi connectivity index (χ0n) is 10.5. The van der Waals surface area contributed by atoms with Gasteiger partial charge in [0.15, 0.2) is 5.78 Å². The maximum Gasteiger partial charge on any atom is 0.170 e. The second-order valence-corrected chi connectivity index (χ2v) is 5.50. The normalized spacial score (nSPS) is 11.6. The molecular weight excluding hydrogens is 250 g/mol. The fourth-order valence-corrected chi connectivity index (χ4v) is 1.77. The third-order valence-corrected chi connectivity index (χ3v) is 2.75. The van der Waals surface area contributed by atoms with E-state index >= 15 is 0 Å². The van der Waals surface area contributed by atoms with Crippen molar-refractivity contribution in [1.29, 1.82) is 0 Å². The number of hydrogen-bond donors (Lipinski definition) is 0. The summed E-state index contributed by atoms with van der Waals surface area (Å²) in [6.45, 7) is 5.64. The third-order valence-electron chi connectivity index (χ3n) is 2.52. The molecule has 18 heavy (non-hydrogen) atoms. The lowest BCUT2D eigenvalue weighted by molar-refractivity contribution is 0.0858. The van der Waals surface area contributed by atoms with Gasteiger partial charge in [0, 0.05) is 16.0 Å². The molecule has 0 N–H and O–H groups in total. The van der Waals surface area contributed by atoms with E-state index in [9.17, 15) is 4.79 Å². The summed E-state index contributed by atoms with van der Waals surface area (Å²) in [5, 5.41) is 8.64. The van der Waals surface area contributed by atoms with Gasteiger partial charge in [-0.2, -0.15) is 15.0 Å². The smallest absolute Gasteiger partial charge is 0.170 e. The molecule has 1 aromatic carbocycles. The second-order valence-electron chi connectivity index (χ2n) is 5.06. The summed E-state index contributed by atoms with van der Waals surface area (Å²) in [6, 6.07) is 5.11. The molecule has 0 atom stereocenters. The molecule has 2 rings (SSSR count). The molecule has 0 radical (unpaired) electrons. The molecule has 0 saturated heterocycles. The van der Waals surface area contributed by atoms with Gasteiger partial charge >= 0.3 is 0 Å². The van der Waals surface area contributed by atoms with Crippen LogP contribution in [0.5, 0.6) is 0 Å². The van der Waals surface area contributed by atoms with Crippen LogP contribution in [0, 0.1) is 5.41 Å². The van der Waals surface area contributed by atoms with Gasteiger partial charge in [0.05, 0.1) is 18.1 Å². The maximum absolute atomic E-state index is 12.4. The predicted molar refractivity (Wildman–Crippen MR) is 70.2 cm³/mol. The summed E-state index contributed by atoms with van der Waals surface area (Å²) in [5.41, 5.74) is 0.714. The first-order valence-electron chi connectivity index (χ1n) is 5.60. The van der Waals surface area contributed by atoms with Gasteiger partial charge in [0.1, 0.15) is 0 Å². The van der Waals surface area contributed by atoms with E-state index in [2.05, 4.69) is 10.2 Å². The summed E-state index contributed by atoms with van der Waals surface area (Å²) >= 11 is 5.97. The first kappa shape index (κ1) is 12.8. The predicted octanol–water partition coefficient (Wildman–Crippen LogP) is 3.15. The number of halogens is 1. The van der Waals surface area contributed by atoms with E-state index in [0.29, 0.717) is 16.3 Å². The highest BCUT2D eigenvalue weighted by Crippen LogP contribution is 2.26. The van der Waals surface area contributed by atoms with Crippen LogP contribution in [0.4, 0.5) is 0 Å². The molecule has 1 aromatic heterocycles. The zero-order chi connectivity index (χ0) is 13.3. The van der Waals surface area contributed by atoms with Crippen molar-refractivity contribution in [2.45, 2.75) is 20.8 Å². The molecule has 0 bridgehead atoms. The molecule has 0 aliphatic rings. The van der Waals surface area contributed by atoms with Crippen LogP contribution in [0.1, 0.15) is 31.1 Å². The molecule has 5 heteroatoms. The number of hydrogen-bond acceptors (Lipinski definition) is 3. The van der Waals surface area contributed by atoms with Gasteiger partial charge in [-0.15, -0.1) is 0 Å². The first-order chi connectivity index (χ1) is 8.39. The molecule has 0 unspecified atom stereocenters. The highest BCUT2D eigenvalue weighted by Gasteiger charge is 2.26. The Morgan fingerprint density at radius 1 is 1.22 bits per heavy atom. The Morgan fingerprint density at radius 2 is 1.83 bits per heavy atom. The highest BCUT2D eigenvalue weighted by atomic mass is 35.5. The summed E-state index contributed by atoms with van der Waals surface area (Å²) in [5.74, 6) is 0.0338. The van der Waals surface area contributed by atoms with Crippen LogP contribution >= 0.6 is 11.6 Å². The van der Waals surface area contributed by atoms with Crippen LogP contribution in [-0.2, 0) is 0 Å². The fraction of sp³-hybridized carbons (Fsp3) is 0.308. The minimum Gasteiger partial charge on any atom is -0.294 e. The Kier molecular flexibility index (Phi) is 3.22. The van der Waals surface area contributed by atoms with Gasteiger partial charge in [-0.05, 0) is 18.2 Å². The van der Waals surface area contributed by atoms with Crippen molar-refractivity contribution in [1.82, 2.24) is 15.0 Å². The molecule has 0 aliphatic heterocycles. The molecular formula is C13H14ClN3O. The van der Waals surface area contributed by atoms with Crippen LogP contribution in [0.25, 0.3) is 5.69 Å². The maximum atomic E-state index is 12.4. The number of nitrogens with zero attached hydrogens (tertiary/aromatic N) is 3. The largest absolute Gasteiger partial charge is 0.294 e. The second kappa shape index (κ2) is 4.53. The van der Waals surface area contributed by atoms with Gasteiger partial charge in [-0.25, -0.2) is 0 Å². The van der Waals surface area contributed by atoms with Crippen molar-refractivity contribution in [3.63, 3.8) is 0 Å². The Bertz CT molecular complexity index is 570. The average Bonchev–Trinajstić information content (AvgIpc) is 2.80. The number of Topliss-reactive ketones (excluding diaryl/α,β-unsaturated/α-hetero) is 1. The standard InChI is InChI=1S/C13H14ClN3O/c1-13(2,3)12(18)10-5-4-9(14)8-11(10)17-15-6-7-16-17/h4-8H,1-3H3. The Morgan fingerprint density at radius 3 is 2.39 bits per heavy atom. The molecule has 0 spiro atoms. The van der Waals surface area contributed by atoms with Crippen LogP contribution < -0.4 is 0 Å². The molecule has 94 valence electrons. The molecule has 1 heterocycles. The van der Waals surface area contributed by atoms with E-state index in [1.807, 2.05) is 20.8 Å². The third kappa shape index (κ3) is 2.43. The number of rotatable bonds is 2. The first-order valence-corrected chi connectivity index (χ1v) is 5.98. The lowest BCUT2D eigenvalue weighted by Gasteiger charge is -2.18. The summed E-state index contributed by atoms with van der Waals surface area (Å²) < 4.78 is 0. The SMILES string of the molecule is CC(C)(C)C(=O)c1ccc(Cl)cc1-n1nccn1. The fourth-order valence-electron chi connectivity index (χ4n) is 1.61. The van der Waals surface area contributed by atoms with Crippen LogP contribution in [0.3, 0.4) is 0 Å². The van der Waals surface area contributed by atoms with Gasteiger partial charge in [0.2, 0.25) is 0 Å². The van der Waals surface area contributed by atoms with Gasteiger partial charge in [-0.3, -0.25) is 4.79 Å². The lowest BCUT2D eigenvalue weighted by atomic mass is 9.86. The van der Waals surface area contributed by atoms with Crippen molar-refractivity contribution >= 4 is 17.4 Å². The number of benzene rings is 1. The Hall–Kier alpha value is -1.68. The van der Waals surface area contributed by atoms with Crippen LogP contribution in [0.2, 0.25) is 5.02 Å². The summed E-state index contributed by atoms with van der Waals surface area (Å²) in [6.07, 6.45) is 3.12. The van der Waals surface area contributed by atoms with E-state index in [4.69, 9.17) is 11.6 Å². The van der Waals surface area contributed by atoms with Crippen molar-refractivity contribution < 1.29 is 4.79 Å². The zero-order valence-corrected chi connectivity index (χ0v) is 11.3. The number of carbonyl (C=O) groups excluding carboxylic acids is 1. The quantitative estimate of drug-likeness (QED) is 0.782. The van der Waals surface area contributed by atoms with E-state index in [0.717, 1.165) is 0 Å². The highest BCUT2D eigenvalue weighted by molar-refractivity contribution is 6.31. The Labute approximate surface area is 111 Å². The van der Waals surface area contributed by atoms with E-state index in [1.54, 1.807) is 30.6 Å². The number of carbonyl (C=O) groups is 1. The van der Waals surface area contributed by atoms with Crippen molar-refractivity contribution in [2.75, 3.05) is 0 Å². The van der Waals surface area contributed by atoms with Crippen molar-refractivity contribution in [3.8, 4) is 5.69 Å². The van der Waals surface area contributed by atoms with Crippen molar-refractivity contribution in [2.24, 2.45) is 5.41 Å². The summed E-state index contributed by atoms with van der Waals surface area (Å²) in [7, 11) is 0. The molecule has 0 aliphatic carbocycles. The van der Waals surface area contributed by atoms with Crippen molar-refractivity contribution in [3.05, 3.63) is 41.2 Å². The molecule has 0 fully saturated rings. The van der Waals surface area contributed by atoms with Gasteiger partial charge < -0.3 is 0 Å². The molecule has 0 saturated carbocycles. The number of aromatic nitrogens is 3. The van der Waals surface area contributed by atoms with Gasteiger partial charge in [-0.1, -0.05) is 32.4 Å². The van der Waals surface area contributed by atoms with E-state index < -0.39 is 5.41 Å². The monoisotopic (exact) mass is 263 g/mol. The number of ketones is 1. The minimum absolute atomic E-state index is 0.0338. The van der Waals surface area contributed by atoms with E-state index in [-0.39, 0.29) is 5.78 Å². The lowest BCUT2D eigenvalue weighted by Crippen LogP contribution is -2.22. The topological polar surface area (TPSA) is 47.8 Å². The molecule has 4 nitrogen and oxygen atoms in total. The molecule has 0 amide bonds. The summed E-state index contributed by atoms with van der Waals surface area (Å²) in [4.78, 5) is 13.8. The molecule has 2 aromatic rings. The minimum atomic E-state index is -0.463.